The molecule has 0 spiro atoms. The van der Waals surface area contributed by atoms with Crippen LogP contribution in [0.4, 0.5) is 0 Å². The fraction of sp³-hybridized carbons (Fsp3) is 0.278. The number of hydrogen-bond acceptors (Lipinski definition) is 4. The van der Waals surface area contributed by atoms with E-state index in [0.717, 1.165) is 23.1 Å². The number of aryl methyl sites for hydroxylation is 1. The SMILES string of the molecule is Cc1cccc(C2/C(=N/N)N(N)CCN2Cc2cccc(Br)c2)c1. The van der Waals surface area contributed by atoms with Crippen LogP contribution in [0, 0.1) is 6.92 Å². The minimum Gasteiger partial charge on any atom is -0.321 e. The lowest BCUT2D eigenvalue weighted by Gasteiger charge is -2.41. The molecule has 1 saturated heterocycles. The lowest BCUT2D eigenvalue weighted by Crippen LogP contribution is -2.55. The van der Waals surface area contributed by atoms with Crippen LogP contribution in [-0.2, 0) is 6.54 Å². The van der Waals surface area contributed by atoms with E-state index in [9.17, 15) is 0 Å². The van der Waals surface area contributed by atoms with Crippen LogP contribution in [0.25, 0.3) is 0 Å². The van der Waals surface area contributed by atoms with Crippen molar-refractivity contribution in [3.05, 3.63) is 69.7 Å². The molecule has 2 aromatic carbocycles. The molecule has 0 aliphatic carbocycles. The molecular weight excluding hydrogens is 366 g/mol. The highest BCUT2D eigenvalue weighted by atomic mass is 79.9. The summed E-state index contributed by atoms with van der Waals surface area (Å²) in [6.07, 6.45) is 0. The van der Waals surface area contributed by atoms with Crippen LogP contribution < -0.4 is 11.7 Å². The summed E-state index contributed by atoms with van der Waals surface area (Å²) in [6.45, 7) is 4.45. The Kier molecular flexibility index (Phi) is 5.18. The predicted octanol–water partition coefficient (Wildman–Crippen LogP) is 2.76. The van der Waals surface area contributed by atoms with E-state index in [4.69, 9.17) is 11.7 Å². The average Bonchev–Trinajstić information content (AvgIpc) is 2.56. The molecule has 24 heavy (non-hydrogen) atoms. The van der Waals surface area contributed by atoms with E-state index in [2.05, 4.69) is 75.3 Å². The molecule has 0 amide bonds. The summed E-state index contributed by atoms with van der Waals surface area (Å²) in [6, 6.07) is 16.7. The van der Waals surface area contributed by atoms with Gasteiger partial charge >= 0.3 is 0 Å². The Hall–Kier alpha value is -1.89. The van der Waals surface area contributed by atoms with Crippen molar-refractivity contribution >= 4 is 21.8 Å². The number of halogens is 1. The van der Waals surface area contributed by atoms with Crippen LogP contribution in [0.15, 0.2) is 58.1 Å². The molecule has 3 rings (SSSR count). The van der Waals surface area contributed by atoms with E-state index >= 15 is 0 Å². The van der Waals surface area contributed by atoms with E-state index < -0.39 is 0 Å². The van der Waals surface area contributed by atoms with Gasteiger partial charge in [-0.15, -0.1) is 0 Å². The summed E-state index contributed by atoms with van der Waals surface area (Å²) < 4.78 is 1.08. The molecule has 0 aromatic heterocycles. The Morgan fingerprint density at radius 3 is 2.67 bits per heavy atom. The molecule has 0 saturated carbocycles. The second kappa shape index (κ2) is 7.34. The Balaban J connectivity index is 1.96. The number of nitrogens with zero attached hydrogens (tertiary/aromatic N) is 3. The first-order valence-electron chi connectivity index (χ1n) is 7.93. The molecule has 0 radical (unpaired) electrons. The van der Waals surface area contributed by atoms with Gasteiger partial charge in [-0.2, -0.15) is 5.10 Å². The molecule has 126 valence electrons. The van der Waals surface area contributed by atoms with Crippen LogP contribution >= 0.6 is 15.9 Å². The van der Waals surface area contributed by atoms with Crippen molar-refractivity contribution in [3.8, 4) is 0 Å². The Labute approximate surface area is 151 Å². The number of benzene rings is 2. The Morgan fingerprint density at radius 1 is 1.17 bits per heavy atom. The van der Waals surface area contributed by atoms with Gasteiger partial charge in [-0.3, -0.25) is 9.91 Å². The average molecular weight is 388 g/mol. The fourth-order valence-electron chi connectivity index (χ4n) is 3.19. The summed E-state index contributed by atoms with van der Waals surface area (Å²) in [5, 5.41) is 5.65. The summed E-state index contributed by atoms with van der Waals surface area (Å²) in [7, 11) is 0. The molecule has 6 heteroatoms. The van der Waals surface area contributed by atoms with E-state index in [1.807, 2.05) is 6.07 Å². The van der Waals surface area contributed by atoms with Crippen molar-refractivity contribution in [3.63, 3.8) is 0 Å². The highest BCUT2D eigenvalue weighted by Gasteiger charge is 2.33. The van der Waals surface area contributed by atoms with Crippen molar-refractivity contribution in [2.45, 2.75) is 19.5 Å². The normalized spacial score (nSPS) is 20.5. The molecule has 0 bridgehead atoms. The first-order chi connectivity index (χ1) is 11.6. The maximum Gasteiger partial charge on any atom is 0.160 e. The lowest BCUT2D eigenvalue weighted by atomic mass is 9.99. The van der Waals surface area contributed by atoms with E-state index in [1.54, 1.807) is 5.01 Å². The zero-order chi connectivity index (χ0) is 17.1. The lowest BCUT2D eigenvalue weighted by molar-refractivity contribution is 0.166. The van der Waals surface area contributed by atoms with Gasteiger partial charge in [0.1, 0.15) is 0 Å². The molecule has 1 unspecified atom stereocenters. The van der Waals surface area contributed by atoms with Crippen molar-refractivity contribution in [1.29, 1.82) is 0 Å². The molecule has 2 aromatic rings. The van der Waals surface area contributed by atoms with Crippen LogP contribution in [0.2, 0.25) is 0 Å². The Bertz CT molecular complexity index is 746. The summed E-state index contributed by atoms with van der Waals surface area (Å²) >= 11 is 3.54. The van der Waals surface area contributed by atoms with E-state index in [1.165, 1.54) is 11.1 Å². The van der Waals surface area contributed by atoms with Crippen LogP contribution in [0.1, 0.15) is 22.7 Å². The number of amidine groups is 1. The number of nitrogens with two attached hydrogens (primary N) is 2. The van der Waals surface area contributed by atoms with Crippen LogP contribution in [0.3, 0.4) is 0 Å². The number of hydrogen-bond donors (Lipinski definition) is 2. The minimum absolute atomic E-state index is 0.0485. The van der Waals surface area contributed by atoms with E-state index in [-0.39, 0.29) is 6.04 Å². The van der Waals surface area contributed by atoms with Crippen molar-refractivity contribution < 1.29 is 0 Å². The Morgan fingerprint density at radius 2 is 1.96 bits per heavy atom. The van der Waals surface area contributed by atoms with Gasteiger partial charge in [0, 0.05) is 24.1 Å². The smallest absolute Gasteiger partial charge is 0.160 e. The van der Waals surface area contributed by atoms with Gasteiger partial charge in [-0.25, -0.2) is 5.84 Å². The van der Waals surface area contributed by atoms with Crippen molar-refractivity contribution in [2.75, 3.05) is 13.1 Å². The molecule has 5 nitrogen and oxygen atoms in total. The largest absolute Gasteiger partial charge is 0.321 e. The quantitative estimate of drug-likeness (QED) is 0.627. The number of hydrazine groups is 1. The third-order valence-corrected chi connectivity index (χ3v) is 4.79. The molecular formula is C18H22BrN5. The monoisotopic (exact) mass is 387 g/mol. The number of piperazine rings is 1. The molecule has 1 fully saturated rings. The topological polar surface area (TPSA) is 70.9 Å². The fourth-order valence-corrected chi connectivity index (χ4v) is 3.63. The van der Waals surface area contributed by atoms with Crippen molar-refractivity contribution in [1.82, 2.24) is 9.91 Å². The highest BCUT2D eigenvalue weighted by Crippen LogP contribution is 2.29. The first-order valence-corrected chi connectivity index (χ1v) is 8.73. The van der Waals surface area contributed by atoms with Gasteiger partial charge in [0.15, 0.2) is 5.84 Å². The molecule has 4 N–H and O–H groups in total. The predicted molar refractivity (Wildman–Crippen MR) is 101 cm³/mol. The summed E-state index contributed by atoms with van der Waals surface area (Å²) in [4.78, 5) is 2.37. The zero-order valence-corrected chi connectivity index (χ0v) is 15.3. The van der Waals surface area contributed by atoms with Crippen LogP contribution in [-0.4, -0.2) is 28.8 Å². The van der Waals surface area contributed by atoms with Gasteiger partial charge in [-0.1, -0.05) is 57.9 Å². The van der Waals surface area contributed by atoms with Gasteiger partial charge in [0.25, 0.3) is 0 Å². The molecule has 1 atom stereocenters. The second-order valence-electron chi connectivity index (χ2n) is 6.10. The minimum atomic E-state index is -0.0485. The zero-order valence-electron chi connectivity index (χ0n) is 13.7. The first kappa shape index (κ1) is 17.0. The molecule has 1 heterocycles. The summed E-state index contributed by atoms with van der Waals surface area (Å²) in [5.74, 6) is 12.5. The van der Waals surface area contributed by atoms with Crippen molar-refractivity contribution in [2.24, 2.45) is 16.8 Å². The highest BCUT2D eigenvalue weighted by molar-refractivity contribution is 9.10. The molecule has 1 aliphatic heterocycles. The van der Waals surface area contributed by atoms with Gasteiger partial charge in [0.2, 0.25) is 0 Å². The molecule has 1 aliphatic rings. The van der Waals surface area contributed by atoms with E-state index in [0.29, 0.717) is 12.4 Å². The standard InChI is InChI=1S/C18H22BrN5/c1-13-4-2-6-15(10-13)17-18(22-20)24(21)9-8-23(17)12-14-5-3-7-16(19)11-14/h2-7,10-11,17H,8-9,12,20-21H2,1H3/b22-18-. The van der Waals surface area contributed by atoms with Gasteiger partial charge in [-0.05, 0) is 30.2 Å². The maximum absolute atomic E-state index is 6.12. The summed E-state index contributed by atoms with van der Waals surface area (Å²) in [5.41, 5.74) is 3.61. The maximum atomic E-state index is 6.12. The number of rotatable bonds is 3. The third kappa shape index (κ3) is 3.61. The van der Waals surface area contributed by atoms with Gasteiger partial charge in [0.05, 0.1) is 6.04 Å². The third-order valence-electron chi connectivity index (χ3n) is 4.30. The second-order valence-corrected chi connectivity index (χ2v) is 7.01. The number of hydrazone groups is 1. The van der Waals surface area contributed by atoms with Crippen LogP contribution in [0.5, 0.6) is 0 Å². The van der Waals surface area contributed by atoms with Gasteiger partial charge < -0.3 is 5.84 Å².